The van der Waals surface area contributed by atoms with E-state index in [4.69, 9.17) is 14.2 Å². The first-order valence-electron chi connectivity index (χ1n) is 34.8. The van der Waals surface area contributed by atoms with Crippen molar-refractivity contribution in [3.05, 3.63) is 60.8 Å². The summed E-state index contributed by atoms with van der Waals surface area (Å²) in [6, 6.07) is 0. The highest BCUT2D eigenvalue weighted by Crippen LogP contribution is 2.18. The summed E-state index contributed by atoms with van der Waals surface area (Å²) in [6.07, 6.45) is 86.7. The van der Waals surface area contributed by atoms with E-state index < -0.39 is 6.10 Å². The van der Waals surface area contributed by atoms with Crippen LogP contribution in [0.3, 0.4) is 0 Å². The summed E-state index contributed by atoms with van der Waals surface area (Å²) in [4.78, 5) is 38.4. The van der Waals surface area contributed by atoms with Gasteiger partial charge in [0.05, 0.1) is 0 Å². The largest absolute Gasteiger partial charge is 0.462 e. The average molecular weight is 1110 g/mol. The third-order valence-electron chi connectivity index (χ3n) is 15.5. The molecule has 0 amide bonds. The highest BCUT2D eigenvalue weighted by molar-refractivity contribution is 5.71. The van der Waals surface area contributed by atoms with Gasteiger partial charge in [0.15, 0.2) is 6.10 Å². The minimum absolute atomic E-state index is 0.0773. The number of unbranched alkanes of at least 4 members (excludes halogenated alkanes) is 43. The molecular weight excluding hydrogens is 973 g/mol. The van der Waals surface area contributed by atoms with E-state index in [1.807, 2.05) is 0 Å². The molecule has 0 fully saturated rings. The van der Waals surface area contributed by atoms with E-state index >= 15 is 0 Å². The Morgan fingerprint density at radius 2 is 0.494 bits per heavy atom. The fraction of sp³-hybridized carbons (Fsp3) is 0.822. The SMILES string of the molecule is CC/C=C\C/C=C\C/C=C\C/C=C\C/C=C\CCCCCCCC(=O)OC(COC(=O)CCCCCCCCCCCCCCCCCC)COC(=O)CCCCCCCCCCCCCCCCCCCCCCCCCC. The quantitative estimate of drug-likeness (QED) is 0.0261. The second-order valence-electron chi connectivity index (χ2n) is 23.4. The molecule has 0 saturated heterocycles. The van der Waals surface area contributed by atoms with Crippen LogP contribution in [0.5, 0.6) is 0 Å². The minimum Gasteiger partial charge on any atom is -0.462 e. The molecule has 0 aromatic rings. The van der Waals surface area contributed by atoms with Crippen molar-refractivity contribution in [2.45, 2.75) is 374 Å². The third kappa shape index (κ3) is 65.8. The maximum Gasteiger partial charge on any atom is 0.306 e. The van der Waals surface area contributed by atoms with Crippen LogP contribution in [0.4, 0.5) is 0 Å². The zero-order valence-corrected chi connectivity index (χ0v) is 52.9. The molecule has 0 aliphatic heterocycles. The molecule has 1 atom stereocenters. The fourth-order valence-corrected chi connectivity index (χ4v) is 10.4. The number of rotatable bonds is 64. The lowest BCUT2D eigenvalue weighted by molar-refractivity contribution is -0.167. The topological polar surface area (TPSA) is 78.9 Å². The highest BCUT2D eigenvalue weighted by atomic mass is 16.6. The molecule has 0 N–H and O–H groups in total. The van der Waals surface area contributed by atoms with Crippen LogP contribution >= 0.6 is 0 Å². The van der Waals surface area contributed by atoms with E-state index in [0.717, 1.165) is 109 Å². The highest BCUT2D eigenvalue weighted by Gasteiger charge is 2.19. The Labute approximate surface area is 491 Å². The Morgan fingerprint density at radius 1 is 0.266 bits per heavy atom. The molecular formula is C73H132O6. The normalized spacial score (nSPS) is 12.4. The van der Waals surface area contributed by atoms with Gasteiger partial charge in [-0.2, -0.15) is 0 Å². The van der Waals surface area contributed by atoms with Crippen LogP contribution in [0.15, 0.2) is 60.8 Å². The number of hydrogen-bond donors (Lipinski definition) is 0. The fourth-order valence-electron chi connectivity index (χ4n) is 10.4. The molecule has 0 aliphatic rings. The predicted molar refractivity (Wildman–Crippen MR) is 344 cm³/mol. The lowest BCUT2D eigenvalue weighted by Crippen LogP contribution is -2.30. The molecule has 0 aliphatic carbocycles. The molecule has 79 heavy (non-hydrogen) atoms. The van der Waals surface area contributed by atoms with Gasteiger partial charge in [0.1, 0.15) is 13.2 Å². The van der Waals surface area contributed by atoms with Gasteiger partial charge >= 0.3 is 17.9 Å². The van der Waals surface area contributed by atoms with Crippen LogP contribution in [-0.2, 0) is 28.6 Å². The number of esters is 3. The second-order valence-corrected chi connectivity index (χ2v) is 23.4. The Balaban J connectivity index is 4.33. The average Bonchev–Trinajstić information content (AvgIpc) is 3.45. The van der Waals surface area contributed by atoms with Crippen LogP contribution in [-0.4, -0.2) is 37.2 Å². The Bertz CT molecular complexity index is 1410. The molecule has 0 aromatic carbocycles. The van der Waals surface area contributed by atoms with Gasteiger partial charge in [-0.15, -0.1) is 0 Å². The summed E-state index contributed by atoms with van der Waals surface area (Å²) < 4.78 is 17.0. The maximum absolute atomic E-state index is 12.9. The summed E-state index contributed by atoms with van der Waals surface area (Å²) in [7, 11) is 0. The van der Waals surface area contributed by atoms with Gasteiger partial charge in [-0.25, -0.2) is 0 Å². The van der Waals surface area contributed by atoms with Gasteiger partial charge in [-0.1, -0.05) is 345 Å². The van der Waals surface area contributed by atoms with Gasteiger partial charge in [0, 0.05) is 19.3 Å². The predicted octanol–water partition coefficient (Wildman–Crippen LogP) is 23.9. The maximum atomic E-state index is 12.9. The van der Waals surface area contributed by atoms with E-state index in [1.54, 1.807) is 0 Å². The van der Waals surface area contributed by atoms with Crippen molar-refractivity contribution in [1.82, 2.24) is 0 Å². The molecule has 0 bridgehead atoms. The number of carbonyl (C=O) groups is 3. The summed E-state index contributed by atoms with van der Waals surface area (Å²) in [5, 5.41) is 0. The summed E-state index contributed by atoms with van der Waals surface area (Å²) in [5.74, 6) is -0.870. The molecule has 6 heteroatoms. The van der Waals surface area contributed by atoms with Gasteiger partial charge < -0.3 is 14.2 Å². The monoisotopic (exact) mass is 1110 g/mol. The van der Waals surface area contributed by atoms with E-state index in [2.05, 4.69) is 81.5 Å². The van der Waals surface area contributed by atoms with Gasteiger partial charge in [-0.05, 0) is 64.2 Å². The summed E-state index contributed by atoms with van der Waals surface area (Å²) in [5.41, 5.74) is 0. The van der Waals surface area contributed by atoms with Gasteiger partial charge in [0.2, 0.25) is 0 Å². The smallest absolute Gasteiger partial charge is 0.306 e. The van der Waals surface area contributed by atoms with Crippen molar-refractivity contribution in [2.75, 3.05) is 13.2 Å². The Morgan fingerprint density at radius 3 is 0.772 bits per heavy atom. The van der Waals surface area contributed by atoms with Gasteiger partial charge in [0.25, 0.3) is 0 Å². The first kappa shape index (κ1) is 76.1. The molecule has 0 saturated carbocycles. The summed E-state index contributed by atoms with van der Waals surface area (Å²) >= 11 is 0. The first-order chi connectivity index (χ1) is 39.0. The van der Waals surface area contributed by atoms with Crippen LogP contribution in [0.25, 0.3) is 0 Å². The van der Waals surface area contributed by atoms with E-state index in [-0.39, 0.29) is 31.1 Å². The molecule has 0 radical (unpaired) electrons. The molecule has 1 unspecified atom stereocenters. The molecule has 0 aromatic heterocycles. The zero-order chi connectivity index (χ0) is 57.1. The third-order valence-corrected chi connectivity index (χ3v) is 15.5. The molecule has 0 heterocycles. The van der Waals surface area contributed by atoms with Crippen LogP contribution in [0.2, 0.25) is 0 Å². The number of ether oxygens (including phenoxy) is 3. The molecule has 0 rings (SSSR count). The Hall–Kier alpha value is -2.89. The van der Waals surface area contributed by atoms with Crippen molar-refractivity contribution in [3.63, 3.8) is 0 Å². The van der Waals surface area contributed by atoms with Crippen molar-refractivity contribution < 1.29 is 28.6 Å². The Kier molecular flexibility index (Phi) is 65.1. The molecule has 0 spiro atoms. The first-order valence-corrected chi connectivity index (χ1v) is 34.8. The number of hydrogen-bond acceptors (Lipinski definition) is 6. The number of allylic oxidation sites excluding steroid dienone is 10. The van der Waals surface area contributed by atoms with E-state index in [1.165, 1.54) is 218 Å². The van der Waals surface area contributed by atoms with Crippen LogP contribution < -0.4 is 0 Å². The molecule has 460 valence electrons. The standard InChI is InChI=1S/C73H132O6/c1-4-7-10-13-16-19-22-25-28-31-33-35-36-37-39-40-42-45-48-51-54-57-60-63-66-72(75)78-69-70(68-77-71(74)65-62-59-56-53-50-47-44-30-27-24-21-18-15-12-9-6-3)79-73(76)67-64-61-58-55-52-49-46-43-41-38-34-32-29-26-23-20-17-14-11-8-5-2/h8,11,17,20,26,29,34,38,43,46,70H,4-7,9-10,12-16,18-19,21-25,27-28,30-33,35-37,39-42,44-45,47-69H2,1-3H3/b11-8-,20-17-,29-26-,38-34-,46-43-. The van der Waals surface area contributed by atoms with Crippen molar-refractivity contribution in [1.29, 1.82) is 0 Å². The summed E-state index contributed by atoms with van der Waals surface area (Å²) in [6.45, 7) is 6.58. The zero-order valence-electron chi connectivity index (χ0n) is 52.9. The van der Waals surface area contributed by atoms with Gasteiger partial charge in [-0.3, -0.25) is 14.4 Å². The van der Waals surface area contributed by atoms with Crippen molar-refractivity contribution in [3.8, 4) is 0 Å². The number of carbonyl (C=O) groups excluding carboxylic acids is 3. The molecule has 6 nitrogen and oxygen atoms in total. The second kappa shape index (κ2) is 67.6. The minimum atomic E-state index is -0.783. The van der Waals surface area contributed by atoms with Crippen molar-refractivity contribution in [2.24, 2.45) is 0 Å². The van der Waals surface area contributed by atoms with Crippen molar-refractivity contribution >= 4 is 17.9 Å². The van der Waals surface area contributed by atoms with E-state index in [0.29, 0.717) is 19.3 Å². The van der Waals surface area contributed by atoms with Crippen LogP contribution in [0.1, 0.15) is 367 Å². The lowest BCUT2D eigenvalue weighted by Gasteiger charge is -2.18. The van der Waals surface area contributed by atoms with E-state index in [9.17, 15) is 14.4 Å². The van der Waals surface area contributed by atoms with Crippen LogP contribution in [0, 0.1) is 0 Å². The lowest BCUT2D eigenvalue weighted by atomic mass is 10.0.